The predicted molar refractivity (Wildman–Crippen MR) is 94.7 cm³/mol. The molecule has 0 unspecified atom stereocenters. The van der Waals surface area contributed by atoms with Gasteiger partial charge in [0, 0.05) is 24.0 Å². The number of nitrogens with zero attached hydrogens (tertiary/aromatic N) is 1. The van der Waals surface area contributed by atoms with Gasteiger partial charge < -0.3 is 9.64 Å². The molecule has 0 saturated carbocycles. The third kappa shape index (κ3) is 4.27. The summed E-state index contributed by atoms with van der Waals surface area (Å²) in [6.45, 7) is 0. The maximum atomic E-state index is 12.5. The van der Waals surface area contributed by atoms with Crippen LogP contribution in [0.1, 0.15) is 5.56 Å². The molecular formula is C17H18ClNO4S. The first kappa shape index (κ1) is 18.3. The Kier molecular flexibility index (Phi) is 5.51. The maximum Gasteiger partial charge on any atom is 0.231 e. The van der Waals surface area contributed by atoms with Gasteiger partial charge in [0.2, 0.25) is 5.91 Å². The average molecular weight is 368 g/mol. The maximum absolute atomic E-state index is 12.5. The van der Waals surface area contributed by atoms with E-state index in [0.29, 0.717) is 22.0 Å². The number of carbonyl (C=O) groups is 1. The molecule has 2 aromatic carbocycles. The molecule has 0 aromatic heterocycles. The van der Waals surface area contributed by atoms with Crippen LogP contribution in [-0.2, 0) is 21.1 Å². The molecule has 0 N–H and O–H groups in total. The van der Waals surface area contributed by atoms with Crippen molar-refractivity contribution in [2.75, 3.05) is 25.3 Å². The fraction of sp³-hybridized carbons (Fsp3) is 0.235. The zero-order valence-corrected chi connectivity index (χ0v) is 15.2. The van der Waals surface area contributed by atoms with Crippen molar-refractivity contribution in [3.63, 3.8) is 0 Å². The number of amides is 1. The minimum Gasteiger partial charge on any atom is -0.497 e. The van der Waals surface area contributed by atoms with Crippen LogP contribution >= 0.6 is 11.6 Å². The number of hydrogen-bond acceptors (Lipinski definition) is 4. The van der Waals surface area contributed by atoms with E-state index in [0.717, 1.165) is 6.26 Å². The Balaban J connectivity index is 2.18. The van der Waals surface area contributed by atoms with Crippen LogP contribution in [0.4, 0.5) is 5.69 Å². The van der Waals surface area contributed by atoms with Crippen LogP contribution in [0.3, 0.4) is 0 Å². The number of rotatable bonds is 5. The average Bonchev–Trinajstić information content (AvgIpc) is 2.55. The number of likely N-dealkylation sites (N-methyl/N-ethyl adjacent to an activating group) is 1. The highest BCUT2D eigenvalue weighted by Crippen LogP contribution is 2.24. The molecule has 0 fully saturated rings. The van der Waals surface area contributed by atoms with Crippen molar-refractivity contribution < 1.29 is 17.9 Å². The van der Waals surface area contributed by atoms with Gasteiger partial charge in [-0.25, -0.2) is 8.42 Å². The zero-order chi connectivity index (χ0) is 17.9. The smallest absolute Gasteiger partial charge is 0.231 e. The molecule has 128 valence electrons. The zero-order valence-electron chi connectivity index (χ0n) is 13.6. The molecule has 1 amide bonds. The molecule has 0 radical (unpaired) electrons. The van der Waals surface area contributed by atoms with Gasteiger partial charge in [-0.15, -0.1) is 0 Å². The third-order valence-corrected chi connectivity index (χ3v) is 5.12. The Morgan fingerprint density at radius 2 is 1.79 bits per heavy atom. The molecule has 0 spiro atoms. The van der Waals surface area contributed by atoms with Gasteiger partial charge in [0.15, 0.2) is 9.84 Å². The first-order valence-electron chi connectivity index (χ1n) is 7.11. The van der Waals surface area contributed by atoms with E-state index in [1.165, 1.54) is 17.0 Å². The molecule has 0 aliphatic carbocycles. The number of ether oxygens (including phenoxy) is 1. The van der Waals surface area contributed by atoms with Gasteiger partial charge in [-0.1, -0.05) is 11.6 Å². The molecular weight excluding hydrogens is 350 g/mol. The van der Waals surface area contributed by atoms with E-state index in [-0.39, 0.29) is 17.2 Å². The lowest BCUT2D eigenvalue weighted by Gasteiger charge is -2.18. The highest BCUT2D eigenvalue weighted by atomic mass is 35.5. The van der Waals surface area contributed by atoms with Gasteiger partial charge in [-0.2, -0.15) is 0 Å². The second kappa shape index (κ2) is 7.23. The van der Waals surface area contributed by atoms with Crippen LogP contribution < -0.4 is 9.64 Å². The summed E-state index contributed by atoms with van der Waals surface area (Å²) >= 11 is 6.13. The van der Waals surface area contributed by atoms with Crippen LogP contribution in [0, 0.1) is 0 Å². The Bertz CT molecular complexity index is 847. The number of sulfone groups is 1. The molecule has 0 atom stereocenters. The summed E-state index contributed by atoms with van der Waals surface area (Å²) in [5.74, 6) is 0.458. The molecule has 0 aliphatic heterocycles. The molecule has 24 heavy (non-hydrogen) atoms. The fourth-order valence-corrected chi connectivity index (χ4v) is 2.97. The number of anilines is 1. The fourth-order valence-electron chi connectivity index (χ4n) is 2.16. The lowest BCUT2D eigenvalue weighted by molar-refractivity contribution is -0.117. The summed E-state index contributed by atoms with van der Waals surface area (Å²) in [7, 11) is -0.0854. The Hall–Kier alpha value is -2.05. The van der Waals surface area contributed by atoms with Gasteiger partial charge in [0.25, 0.3) is 0 Å². The summed E-state index contributed by atoms with van der Waals surface area (Å²) in [6.07, 6.45) is 1.25. The summed E-state index contributed by atoms with van der Waals surface area (Å²) < 4.78 is 28.1. The van der Waals surface area contributed by atoms with E-state index in [2.05, 4.69) is 0 Å². The first-order valence-corrected chi connectivity index (χ1v) is 9.38. The van der Waals surface area contributed by atoms with Crippen LogP contribution in [0.15, 0.2) is 47.4 Å². The molecule has 5 nitrogen and oxygen atoms in total. The van der Waals surface area contributed by atoms with E-state index in [4.69, 9.17) is 16.3 Å². The number of hydrogen-bond donors (Lipinski definition) is 0. The third-order valence-electron chi connectivity index (χ3n) is 3.62. The summed E-state index contributed by atoms with van der Waals surface area (Å²) in [5.41, 5.74) is 1.27. The van der Waals surface area contributed by atoms with Crippen LogP contribution in [0.25, 0.3) is 0 Å². The van der Waals surface area contributed by atoms with Crippen molar-refractivity contribution in [1.82, 2.24) is 0 Å². The van der Waals surface area contributed by atoms with Gasteiger partial charge in [0.1, 0.15) is 5.75 Å². The Morgan fingerprint density at radius 1 is 1.17 bits per heavy atom. The van der Waals surface area contributed by atoms with Crippen LogP contribution in [0.2, 0.25) is 5.02 Å². The summed E-state index contributed by atoms with van der Waals surface area (Å²) in [5, 5.41) is 0.491. The first-order chi connectivity index (χ1) is 11.2. The van der Waals surface area contributed by atoms with Crippen LogP contribution in [0.5, 0.6) is 5.75 Å². The van der Waals surface area contributed by atoms with E-state index < -0.39 is 9.84 Å². The highest BCUT2D eigenvalue weighted by molar-refractivity contribution is 7.90. The number of methoxy groups -OCH3 is 1. The minimum absolute atomic E-state index is 0.111. The second-order valence-electron chi connectivity index (χ2n) is 5.35. The van der Waals surface area contributed by atoms with Gasteiger partial charge >= 0.3 is 0 Å². The topological polar surface area (TPSA) is 63.7 Å². The lowest BCUT2D eigenvalue weighted by atomic mass is 10.1. The van der Waals surface area contributed by atoms with Crippen LogP contribution in [-0.4, -0.2) is 34.7 Å². The van der Waals surface area contributed by atoms with E-state index in [1.807, 2.05) is 0 Å². The molecule has 0 heterocycles. The molecule has 7 heteroatoms. The summed E-state index contributed by atoms with van der Waals surface area (Å²) in [6, 6.07) is 11.3. The minimum atomic E-state index is -3.26. The van der Waals surface area contributed by atoms with Crippen molar-refractivity contribution in [3.05, 3.63) is 53.1 Å². The van der Waals surface area contributed by atoms with Crippen molar-refractivity contribution in [2.45, 2.75) is 11.3 Å². The molecule has 0 aliphatic rings. The highest BCUT2D eigenvalue weighted by Gasteiger charge is 2.15. The van der Waals surface area contributed by atoms with Crippen molar-refractivity contribution >= 4 is 33.0 Å². The molecule has 2 aromatic rings. The van der Waals surface area contributed by atoms with Crippen molar-refractivity contribution in [1.29, 1.82) is 0 Å². The van der Waals surface area contributed by atoms with E-state index in [1.54, 1.807) is 44.5 Å². The monoisotopic (exact) mass is 367 g/mol. The van der Waals surface area contributed by atoms with Crippen molar-refractivity contribution in [2.24, 2.45) is 0 Å². The van der Waals surface area contributed by atoms with Gasteiger partial charge in [-0.3, -0.25) is 4.79 Å². The standard InChI is InChI=1S/C17H18ClNO4S/c1-19(13-4-7-15(8-5-13)24(3,21)22)17(20)11-12-10-14(23-2)6-9-16(12)18/h4-10H,11H2,1-3H3. The quantitative estimate of drug-likeness (QED) is 0.815. The largest absolute Gasteiger partial charge is 0.497 e. The van der Waals surface area contributed by atoms with Gasteiger partial charge in [0.05, 0.1) is 18.4 Å². The van der Waals surface area contributed by atoms with E-state index >= 15 is 0 Å². The Morgan fingerprint density at radius 3 is 2.33 bits per heavy atom. The number of halogens is 1. The SMILES string of the molecule is COc1ccc(Cl)c(CC(=O)N(C)c2ccc(S(C)(=O)=O)cc2)c1. The predicted octanol–water partition coefficient (Wildman–Crippen LogP) is 2.96. The van der Waals surface area contributed by atoms with E-state index in [9.17, 15) is 13.2 Å². The molecule has 2 rings (SSSR count). The molecule has 0 bridgehead atoms. The normalized spacial score (nSPS) is 11.2. The van der Waals surface area contributed by atoms with Crippen molar-refractivity contribution in [3.8, 4) is 5.75 Å². The number of benzene rings is 2. The number of carbonyl (C=O) groups excluding carboxylic acids is 1. The lowest BCUT2D eigenvalue weighted by Crippen LogP contribution is -2.27. The Labute approximate surface area is 146 Å². The van der Waals surface area contributed by atoms with Gasteiger partial charge in [-0.05, 0) is 48.0 Å². The second-order valence-corrected chi connectivity index (χ2v) is 7.78. The molecule has 0 saturated heterocycles. The summed E-state index contributed by atoms with van der Waals surface area (Å²) in [4.78, 5) is 14.1.